The maximum absolute atomic E-state index is 5.37. The van der Waals surface area contributed by atoms with E-state index in [1.807, 2.05) is 31.2 Å². The molecule has 0 aliphatic rings. The number of amidine groups is 1. The smallest absolute Gasteiger partial charge is 0.119 e. The molecule has 82 valence electrons. The number of benzene rings is 1. The average Bonchev–Trinajstić information content (AvgIpc) is 2.29. The van der Waals surface area contributed by atoms with E-state index in [9.17, 15) is 0 Å². The minimum absolute atomic E-state index is 0.696. The quantitative estimate of drug-likeness (QED) is 0.336. The van der Waals surface area contributed by atoms with Crippen LogP contribution in [-0.2, 0) is 6.42 Å². The molecule has 4 heteroatoms. The predicted molar refractivity (Wildman–Crippen MR) is 62.0 cm³/mol. The summed E-state index contributed by atoms with van der Waals surface area (Å²) >= 11 is 0. The summed E-state index contributed by atoms with van der Waals surface area (Å²) in [6.07, 6.45) is 0.696. The van der Waals surface area contributed by atoms with Crippen molar-refractivity contribution in [2.24, 2.45) is 10.8 Å². The Bertz CT molecular complexity index is 336. The third-order valence-electron chi connectivity index (χ3n) is 2.02. The number of nitrogens with one attached hydrogen (secondary N) is 1. The van der Waals surface area contributed by atoms with Crippen molar-refractivity contribution in [3.05, 3.63) is 29.8 Å². The molecule has 1 aromatic carbocycles. The number of hydrogen-bond donors (Lipinski definition) is 2. The topological polar surface area (TPSA) is 59.6 Å². The fourth-order valence-corrected chi connectivity index (χ4v) is 1.32. The predicted octanol–water partition coefficient (Wildman–Crippen LogP) is 1.12. The Kier molecular flexibility index (Phi) is 4.63. The fourth-order valence-electron chi connectivity index (χ4n) is 1.32. The molecule has 0 aromatic heterocycles. The van der Waals surface area contributed by atoms with Gasteiger partial charge in [0.15, 0.2) is 0 Å². The van der Waals surface area contributed by atoms with Crippen LogP contribution >= 0.6 is 0 Å². The van der Waals surface area contributed by atoms with Crippen LogP contribution in [0.5, 0.6) is 5.75 Å². The lowest BCUT2D eigenvalue weighted by atomic mass is 10.1. The fraction of sp³-hybridized carbons (Fsp3) is 0.364. The monoisotopic (exact) mass is 207 g/mol. The number of hydrazine groups is 1. The Labute approximate surface area is 90.1 Å². The molecule has 0 saturated heterocycles. The van der Waals surface area contributed by atoms with Crippen LogP contribution in [0.25, 0.3) is 0 Å². The molecule has 0 spiro atoms. The van der Waals surface area contributed by atoms with Gasteiger partial charge in [0.25, 0.3) is 0 Å². The lowest BCUT2D eigenvalue weighted by Crippen LogP contribution is -2.32. The Morgan fingerprint density at radius 2 is 2.33 bits per heavy atom. The Morgan fingerprint density at radius 1 is 1.53 bits per heavy atom. The molecule has 0 fully saturated rings. The van der Waals surface area contributed by atoms with Crippen LogP contribution in [0.1, 0.15) is 12.5 Å². The first-order valence-corrected chi connectivity index (χ1v) is 4.93. The Morgan fingerprint density at radius 3 is 2.93 bits per heavy atom. The lowest BCUT2D eigenvalue weighted by molar-refractivity contribution is 0.414. The van der Waals surface area contributed by atoms with E-state index in [4.69, 9.17) is 10.6 Å². The van der Waals surface area contributed by atoms with Gasteiger partial charge in [-0.05, 0) is 24.6 Å². The summed E-state index contributed by atoms with van der Waals surface area (Å²) in [7, 11) is 1.65. The van der Waals surface area contributed by atoms with Gasteiger partial charge in [-0.2, -0.15) is 0 Å². The first-order valence-electron chi connectivity index (χ1n) is 4.93. The van der Waals surface area contributed by atoms with Crippen LogP contribution in [0, 0.1) is 0 Å². The molecule has 0 aliphatic carbocycles. The van der Waals surface area contributed by atoms with Crippen molar-refractivity contribution in [1.29, 1.82) is 0 Å². The zero-order chi connectivity index (χ0) is 11.1. The maximum Gasteiger partial charge on any atom is 0.119 e. The summed E-state index contributed by atoms with van der Waals surface area (Å²) in [4.78, 5) is 4.23. The summed E-state index contributed by atoms with van der Waals surface area (Å²) in [5, 5.41) is 0. The Hall–Kier alpha value is -1.55. The molecular weight excluding hydrogens is 190 g/mol. The van der Waals surface area contributed by atoms with Crippen molar-refractivity contribution in [2.45, 2.75) is 13.3 Å². The molecule has 1 rings (SSSR count). The highest BCUT2D eigenvalue weighted by atomic mass is 16.5. The molecule has 0 bridgehead atoms. The molecule has 1 aromatic rings. The van der Waals surface area contributed by atoms with Gasteiger partial charge in [-0.1, -0.05) is 12.1 Å². The van der Waals surface area contributed by atoms with E-state index in [0.29, 0.717) is 6.42 Å². The van der Waals surface area contributed by atoms with Crippen molar-refractivity contribution >= 4 is 5.84 Å². The molecule has 0 aliphatic heterocycles. The average molecular weight is 207 g/mol. The lowest BCUT2D eigenvalue weighted by Gasteiger charge is -2.06. The molecule has 4 nitrogen and oxygen atoms in total. The van der Waals surface area contributed by atoms with Gasteiger partial charge in [0, 0.05) is 13.0 Å². The third kappa shape index (κ3) is 3.59. The van der Waals surface area contributed by atoms with E-state index < -0.39 is 0 Å². The second kappa shape index (κ2) is 6.03. The third-order valence-corrected chi connectivity index (χ3v) is 2.02. The van der Waals surface area contributed by atoms with Gasteiger partial charge in [0.1, 0.15) is 11.6 Å². The van der Waals surface area contributed by atoms with Gasteiger partial charge in [-0.15, -0.1) is 0 Å². The molecule has 0 amide bonds. The zero-order valence-corrected chi connectivity index (χ0v) is 9.16. The number of ether oxygens (including phenoxy) is 1. The SMILES string of the molecule is CCN=C(Cc1cccc(OC)c1)NN. The number of aliphatic imine (C=N–C) groups is 1. The van der Waals surface area contributed by atoms with Gasteiger partial charge in [0.05, 0.1) is 7.11 Å². The standard InChI is InChI=1S/C11H17N3O/c1-3-13-11(14-12)8-9-5-4-6-10(7-9)15-2/h4-7H,3,8,12H2,1-2H3,(H,13,14). The number of nitrogens with two attached hydrogens (primary N) is 1. The second-order valence-electron chi connectivity index (χ2n) is 3.09. The highest BCUT2D eigenvalue weighted by Crippen LogP contribution is 2.12. The van der Waals surface area contributed by atoms with E-state index >= 15 is 0 Å². The molecule has 0 atom stereocenters. The summed E-state index contributed by atoms with van der Waals surface area (Å²) in [5.74, 6) is 7.00. The van der Waals surface area contributed by atoms with Crippen molar-refractivity contribution < 1.29 is 4.74 Å². The summed E-state index contributed by atoms with van der Waals surface area (Å²) < 4.78 is 5.14. The zero-order valence-electron chi connectivity index (χ0n) is 9.16. The summed E-state index contributed by atoms with van der Waals surface area (Å²) in [5.41, 5.74) is 3.72. The molecule has 0 radical (unpaired) electrons. The highest BCUT2D eigenvalue weighted by Gasteiger charge is 2.00. The summed E-state index contributed by atoms with van der Waals surface area (Å²) in [6, 6.07) is 7.86. The maximum atomic E-state index is 5.37. The van der Waals surface area contributed by atoms with Crippen molar-refractivity contribution in [2.75, 3.05) is 13.7 Å². The van der Waals surface area contributed by atoms with Gasteiger partial charge in [-0.25, -0.2) is 5.84 Å². The highest BCUT2D eigenvalue weighted by molar-refractivity contribution is 5.83. The van der Waals surface area contributed by atoms with Gasteiger partial charge < -0.3 is 10.2 Å². The second-order valence-corrected chi connectivity index (χ2v) is 3.09. The van der Waals surface area contributed by atoms with E-state index in [-0.39, 0.29) is 0 Å². The molecule has 0 saturated carbocycles. The number of hydrogen-bond acceptors (Lipinski definition) is 3. The number of nitrogens with zero attached hydrogens (tertiary/aromatic N) is 1. The van der Waals surface area contributed by atoms with Crippen LogP contribution < -0.4 is 16.0 Å². The van der Waals surface area contributed by atoms with Crippen molar-refractivity contribution in [1.82, 2.24) is 5.43 Å². The van der Waals surface area contributed by atoms with Crippen LogP contribution in [0.15, 0.2) is 29.3 Å². The minimum atomic E-state index is 0.696. The number of methoxy groups -OCH3 is 1. The van der Waals surface area contributed by atoms with Crippen LogP contribution in [-0.4, -0.2) is 19.5 Å². The van der Waals surface area contributed by atoms with E-state index in [1.54, 1.807) is 7.11 Å². The van der Waals surface area contributed by atoms with Crippen LogP contribution in [0.4, 0.5) is 0 Å². The van der Waals surface area contributed by atoms with Gasteiger partial charge in [-0.3, -0.25) is 4.99 Å². The Balaban J connectivity index is 2.74. The minimum Gasteiger partial charge on any atom is -0.497 e. The van der Waals surface area contributed by atoms with Gasteiger partial charge >= 0.3 is 0 Å². The summed E-state index contributed by atoms with van der Waals surface area (Å²) in [6.45, 7) is 2.70. The first kappa shape index (κ1) is 11.5. The molecule has 0 heterocycles. The van der Waals surface area contributed by atoms with Crippen molar-refractivity contribution in [3.63, 3.8) is 0 Å². The van der Waals surface area contributed by atoms with Crippen molar-refractivity contribution in [3.8, 4) is 5.75 Å². The molecule has 0 unspecified atom stereocenters. The van der Waals surface area contributed by atoms with Gasteiger partial charge in [0.2, 0.25) is 0 Å². The van der Waals surface area contributed by atoms with E-state index in [1.165, 1.54) is 0 Å². The van der Waals surface area contributed by atoms with Crippen LogP contribution in [0.3, 0.4) is 0 Å². The molecule has 15 heavy (non-hydrogen) atoms. The first-order chi connectivity index (χ1) is 7.30. The van der Waals surface area contributed by atoms with E-state index in [2.05, 4.69) is 10.4 Å². The molecule has 3 N–H and O–H groups in total. The normalized spacial score (nSPS) is 11.3. The largest absolute Gasteiger partial charge is 0.497 e. The van der Waals surface area contributed by atoms with Crippen LogP contribution in [0.2, 0.25) is 0 Å². The molecular formula is C11H17N3O. The van der Waals surface area contributed by atoms with E-state index in [0.717, 1.165) is 23.7 Å². The number of rotatable bonds is 4.